The molecular formula is H12ClO10Pb-. The standard InChI is InChI=1S/ClHO4.6H2O.Pb/c2-1(3,4)5;;;;;;;/h(H,2,3,4,5);6*1H2;/p-1. The summed E-state index contributed by atoms with van der Waals surface area (Å²) in [7, 11) is -4.94. The van der Waals surface area contributed by atoms with Crippen molar-refractivity contribution in [2.45, 2.75) is 0 Å². The van der Waals surface area contributed by atoms with Crippen LogP contribution in [0.4, 0.5) is 0 Å². The van der Waals surface area contributed by atoms with Gasteiger partial charge in [0.15, 0.2) is 0 Å². The van der Waals surface area contributed by atoms with E-state index in [0.717, 1.165) is 0 Å². The molecule has 0 saturated heterocycles. The van der Waals surface area contributed by atoms with Crippen molar-refractivity contribution in [3.63, 3.8) is 0 Å². The maximum atomic E-state index is 8.49. The van der Waals surface area contributed by atoms with Crippen molar-refractivity contribution >= 4 is 27.3 Å². The minimum Gasteiger partial charge on any atom is -0.412 e. The summed E-state index contributed by atoms with van der Waals surface area (Å²) < 4.78 is 34.0. The summed E-state index contributed by atoms with van der Waals surface area (Å²) in [6.45, 7) is 0. The fourth-order valence-electron chi connectivity index (χ4n) is 0. The monoisotopic (exact) mass is 415 g/mol. The van der Waals surface area contributed by atoms with Crippen LogP contribution in [0.5, 0.6) is 0 Å². The smallest absolute Gasteiger partial charge is 0 e. The molecule has 4 radical (unpaired) electrons. The van der Waals surface area contributed by atoms with Crippen molar-refractivity contribution < 1.29 is 61.7 Å². The second-order valence-electron chi connectivity index (χ2n) is 0.378. The van der Waals surface area contributed by atoms with Crippen molar-refractivity contribution in [3.05, 3.63) is 0 Å². The van der Waals surface area contributed by atoms with Gasteiger partial charge in [-0.05, 0) is 0 Å². The van der Waals surface area contributed by atoms with Gasteiger partial charge in [-0.15, -0.1) is 10.2 Å². The molecular weight excluding hydrogens is 403 g/mol. The van der Waals surface area contributed by atoms with E-state index in [1.165, 1.54) is 0 Å². The van der Waals surface area contributed by atoms with Gasteiger partial charge in [0.25, 0.3) is 0 Å². The molecule has 0 heterocycles. The molecule has 0 unspecified atom stereocenters. The molecule has 0 atom stereocenters. The third kappa shape index (κ3) is 1580. The second kappa shape index (κ2) is 29.8. The van der Waals surface area contributed by atoms with Crippen molar-refractivity contribution in [3.8, 4) is 0 Å². The summed E-state index contributed by atoms with van der Waals surface area (Å²) in [5.41, 5.74) is 0. The molecule has 0 amide bonds. The van der Waals surface area contributed by atoms with Gasteiger partial charge in [0.05, 0.1) is 0 Å². The van der Waals surface area contributed by atoms with E-state index in [4.69, 9.17) is 18.6 Å². The van der Waals surface area contributed by atoms with Crippen molar-refractivity contribution in [2.75, 3.05) is 0 Å². The Kier molecular flexibility index (Phi) is 191. The van der Waals surface area contributed by atoms with Gasteiger partial charge in [-0.25, -0.2) is 18.6 Å². The zero-order chi connectivity index (χ0) is 4.50. The van der Waals surface area contributed by atoms with Crippen LogP contribution in [-0.2, 0) is 0 Å². The van der Waals surface area contributed by atoms with Crippen LogP contribution in [0.25, 0.3) is 0 Å². The Balaban J connectivity index is -0.00000000381. The Morgan fingerprint density at radius 2 is 0.500 bits per heavy atom. The van der Waals surface area contributed by atoms with Gasteiger partial charge in [0.2, 0.25) is 0 Å². The van der Waals surface area contributed by atoms with Crippen molar-refractivity contribution in [2.24, 2.45) is 0 Å². The fraction of sp³-hybridized carbons (Fsp3) is 0. The van der Waals surface area contributed by atoms with Gasteiger partial charge in [-0.3, -0.25) is 0 Å². The van der Waals surface area contributed by atoms with Crippen LogP contribution in [0, 0.1) is 10.2 Å². The molecule has 0 aromatic rings. The third-order valence-corrected chi connectivity index (χ3v) is 0. The average molecular weight is 415 g/mol. The van der Waals surface area contributed by atoms with Gasteiger partial charge in [0, 0.05) is 27.3 Å². The van der Waals surface area contributed by atoms with E-state index in [1.54, 1.807) is 0 Å². The maximum absolute atomic E-state index is 8.49. The van der Waals surface area contributed by atoms with Crippen LogP contribution in [-0.4, -0.2) is 60.2 Å². The first-order chi connectivity index (χ1) is 2.00. The molecule has 10 nitrogen and oxygen atoms in total. The van der Waals surface area contributed by atoms with E-state index in [0.29, 0.717) is 0 Å². The quantitative estimate of drug-likeness (QED) is 0.348. The van der Waals surface area contributed by atoms with Gasteiger partial charge in [0.1, 0.15) is 0 Å². The van der Waals surface area contributed by atoms with E-state index in [2.05, 4.69) is 0 Å². The Labute approximate surface area is 89.2 Å². The molecule has 12 heavy (non-hydrogen) atoms. The van der Waals surface area contributed by atoms with Crippen molar-refractivity contribution in [1.82, 2.24) is 0 Å². The molecule has 0 aliphatic rings. The largest absolute Gasteiger partial charge is 0.412 e. The molecule has 0 spiro atoms. The minimum absolute atomic E-state index is 0. The summed E-state index contributed by atoms with van der Waals surface area (Å²) in [4.78, 5) is 0. The molecule has 0 aromatic heterocycles. The number of hydrogen-bond acceptors (Lipinski definition) is 4. The van der Waals surface area contributed by atoms with Gasteiger partial charge < -0.3 is 32.9 Å². The van der Waals surface area contributed by atoms with Gasteiger partial charge in [-0.1, -0.05) is 0 Å². The predicted molar refractivity (Wildman–Crippen MR) is 27.4 cm³/mol. The fourth-order valence-corrected chi connectivity index (χ4v) is 0. The van der Waals surface area contributed by atoms with Gasteiger partial charge >= 0.3 is 0 Å². The third-order valence-electron chi connectivity index (χ3n) is 0. The Hall–Kier alpha value is 0.812. The first-order valence-corrected chi connectivity index (χ1v) is 1.85. The Morgan fingerprint density at radius 1 is 0.500 bits per heavy atom. The van der Waals surface area contributed by atoms with Crippen LogP contribution in [0.15, 0.2) is 0 Å². The van der Waals surface area contributed by atoms with Crippen LogP contribution >= 0.6 is 0 Å². The number of rotatable bonds is 0. The molecule has 0 fully saturated rings. The van der Waals surface area contributed by atoms with Gasteiger partial charge in [-0.2, -0.15) is 0 Å². The molecule has 0 bridgehead atoms. The zero-order valence-electron chi connectivity index (χ0n) is 5.51. The average Bonchev–Trinajstić information content (AvgIpc) is 0.722. The molecule has 0 rings (SSSR count). The molecule has 12 N–H and O–H groups in total. The predicted octanol–water partition coefficient (Wildman–Crippen LogP) is -10.1. The summed E-state index contributed by atoms with van der Waals surface area (Å²) in [6, 6.07) is 0. The number of hydrogen-bond donors (Lipinski definition) is 0. The van der Waals surface area contributed by atoms with E-state index >= 15 is 0 Å². The normalized spacial score (nSPS) is 5.00. The molecule has 84 valence electrons. The minimum atomic E-state index is -4.94. The van der Waals surface area contributed by atoms with Crippen LogP contribution in [0.3, 0.4) is 0 Å². The first-order valence-electron chi connectivity index (χ1n) is 0.617. The topological polar surface area (TPSA) is 281 Å². The summed E-state index contributed by atoms with van der Waals surface area (Å²) in [5, 5.41) is 0. The van der Waals surface area contributed by atoms with Crippen LogP contribution < -0.4 is 18.6 Å². The van der Waals surface area contributed by atoms with Crippen molar-refractivity contribution in [1.29, 1.82) is 0 Å². The van der Waals surface area contributed by atoms with E-state index < -0.39 is 10.2 Å². The molecule has 0 aliphatic heterocycles. The first kappa shape index (κ1) is 77.2. The van der Waals surface area contributed by atoms with E-state index in [1.807, 2.05) is 0 Å². The van der Waals surface area contributed by atoms with Crippen LogP contribution in [0.2, 0.25) is 0 Å². The summed E-state index contributed by atoms with van der Waals surface area (Å²) in [6.07, 6.45) is 0. The molecule has 0 aromatic carbocycles. The Bertz CT molecular complexity index is 25.3. The number of halogens is 1. The molecule has 0 saturated carbocycles. The maximum Gasteiger partial charge on any atom is 0 e. The molecule has 0 aliphatic carbocycles. The zero-order valence-corrected chi connectivity index (χ0v) is 10.2. The van der Waals surface area contributed by atoms with Crippen LogP contribution in [0.1, 0.15) is 0 Å². The SMILES string of the molecule is O.O.O.O.O.O.[O-][Cl+3]([O-])([O-])[O-].[Pb]. The van der Waals surface area contributed by atoms with E-state index in [-0.39, 0.29) is 60.2 Å². The second-order valence-corrected chi connectivity index (χ2v) is 1.13. The Morgan fingerprint density at radius 3 is 0.500 bits per heavy atom. The van der Waals surface area contributed by atoms with E-state index in [9.17, 15) is 0 Å². The summed E-state index contributed by atoms with van der Waals surface area (Å²) >= 11 is 0. The molecule has 12 heteroatoms. The summed E-state index contributed by atoms with van der Waals surface area (Å²) in [5.74, 6) is 0.